The van der Waals surface area contributed by atoms with Gasteiger partial charge in [-0.25, -0.2) is 4.39 Å². The van der Waals surface area contributed by atoms with Gasteiger partial charge in [0, 0.05) is 25.2 Å². The maximum Gasteiger partial charge on any atom is 0.317 e. The van der Waals surface area contributed by atoms with Crippen LogP contribution in [0, 0.1) is 5.82 Å². The first kappa shape index (κ1) is 21.1. The highest BCUT2D eigenvalue weighted by atomic mass is 19.1. The van der Waals surface area contributed by atoms with Crippen molar-refractivity contribution < 1.29 is 18.7 Å². The molecule has 1 heterocycles. The quantitative estimate of drug-likeness (QED) is 0.503. The van der Waals surface area contributed by atoms with Gasteiger partial charge in [-0.15, -0.1) is 0 Å². The normalized spacial score (nSPS) is 14.2. The Morgan fingerprint density at radius 1 is 1.00 bits per heavy atom. The Labute approximate surface area is 182 Å². The maximum atomic E-state index is 14.7. The number of benzene rings is 3. The summed E-state index contributed by atoms with van der Waals surface area (Å²) in [5, 5.41) is 0. The molecule has 3 aromatic rings. The lowest BCUT2D eigenvalue weighted by Crippen LogP contribution is -2.20. The van der Waals surface area contributed by atoms with Crippen molar-refractivity contribution in [3.8, 4) is 5.75 Å². The minimum atomic E-state index is -0.614. The molecular formula is C26H26FNO3. The van der Waals surface area contributed by atoms with E-state index in [9.17, 15) is 9.18 Å². The highest BCUT2D eigenvalue weighted by Gasteiger charge is 2.32. The zero-order chi connectivity index (χ0) is 21.8. The number of hydrogen-bond donors (Lipinski definition) is 0. The monoisotopic (exact) mass is 419 g/mol. The van der Waals surface area contributed by atoms with Gasteiger partial charge in [-0.2, -0.15) is 0 Å². The summed E-state index contributed by atoms with van der Waals surface area (Å²) in [5.41, 5.74) is 4.32. The molecule has 0 saturated carbocycles. The van der Waals surface area contributed by atoms with Crippen LogP contribution in [0.2, 0.25) is 0 Å². The van der Waals surface area contributed by atoms with E-state index in [1.54, 1.807) is 20.1 Å². The standard InChI is InChI=1S/C26H26FNO3/c1-3-31-26(29)25(19-9-11-20(30-2)12-10-19)21-13-14-24(27)23-17-28(16-22(21)23)15-18-7-5-4-6-8-18/h4-14,25H,3,15-17H2,1-2H3. The fourth-order valence-corrected chi connectivity index (χ4v) is 4.23. The topological polar surface area (TPSA) is 38.8 Å². The molecule has 0 aliphatic carbocycles. The van der Waals surface area contributed by atoms with Crippen molar-refractivity contribution in [2.45, 2.75) is 32.5 Å². The van der Waals surface area contributed by atoms with Crippen LogP contribution >= 0.6 is 0 Å². The van der Waals surface area contributed by atoms with E-state index >= 15 is 0 Å². The van der Waals surface area contributed by atoms with Gasteiger partial charge in [0.2, 0.25) is 0 Å². The van der Waals surface area contributed by atoms with Gasteiger partial charge in [0.25, 0.3) is 0 Å². The van der Waals surface area contributed by atoms with E-state index in [1.165, 1.54) is 11.6 Å². The number of fused-ring (bicyclic) bond motifs is 1. The second-order valence-electron chi connectivity index (χ2n) is 7.68. The first-order chi connectivity index (χ1) is 15.1. The summed E-state index contributed by atoms with van der Waals surface area (Å²) in [6.45, 7) is 3.90. The van der Waals surface area contributed by atoms with E-state index in [1.807, 2.05) is 42.5 Å². The summed E-state index contributed by atoms with van der Waals surface area (Å²) < 4.78 is 25.4. The summed E-state index contributed by atoms with van der Waals surface area (Å²) in [6.07, 6.45) is 0. The average molecular weight is 419 g/mol. The molecule has 4 rings (SSSR count). The average Bonchev–Trinajstić information content (AvgIpc) is 3.21. The van der Waals surface area contributed by atoms with Crippen LogP contribution in [0.15, 0.2) is 66.7 Å². The van der Waals surface area contributed by atoms with Crippen LogP contribution in [-0.2, 0) is 29.2 Å². The van der Waals surface area contributed by atoms with Crippen LogP contribution < -0.4 is 4.74 Å². The molecule has 0 aromatic heterocycles. The van der Waals surface area contributed by atoms with Gasteiger partial charge >= 0.3 is 5.97 Å². The van der Waals surface area contributed by atoms with E-state index in [4.69, 9.17) is 9.47 Å². The molecule has 31 heavy (non-hydrogen) atoms. The second kappa shape index (κ2) is 9.31. The highest BCUT2D eigenvalue weighted by Crippen LogP contribution is 2.37. The molecule has 0 fully saturated rings. The van der Waals surface area contributed by atoms with Crippen molar-refractivity contribution in [2.24, 2.45) is 0 Å². The molecule has 4 nitrogen and oxygen atoms in total. The Balaban J connectivity index is 1.70. The zero-order valence-corrected chi connectivity index (χ0v) is 17.8. The Hall–Kier alpha value is -3.18. The van der Waals surface area contributed by atoms with Crippen LogP contribution in [-0.4, -0.2) is 24.6 Å². The van der Waals surface area contributed by atoms with Gasteiger partial charge in [0.1, 0.15) is 17.5 Å². The molecule has 1 aliphatic heterocycles. The first-order valence-corrected chi connectivity index (χ1v) is 10.5. The van der Waals surface area contributed by atoms with Crippen molar-refractivity contribution in [1.82, 2.24) is 4.90 Å². The number of carbonyl (C=O) groups is 1. The van der Waals surface area contributed by atoms with Crippen molar-refractivity contribution in [2.75, 3.05) is 13.7 Å². The number of methoxy groups -OCH3 is 1. The fraction of sp³-hybridized carbons (Fsp3) is 0.269. The molecule has 5 heteroatoms. The van der Waals surface area contributed by atoms with Gasteiger partial charge in [-0.05, 0) is 47.4 Å². The highest BCUT2D eigenvalue weighted by molar-refractivity contribution is 5.83. The Morgan fingerprint density at radius 3 is 2.39 bits per heavy atom. The van der Waals surface area contributed by atoms with E-state index < -0.39 is 5.92 Å². The summed E-state index contributed by atoms with van der Waals surface area (Å²) in [5.74, 6) is -0.462. The van der Waals surface area contributed by atoms with E-state index in [-0.39, 0.29) is 18.4 Å². The van der Waals surface area contributed by atoms with E-state index in [0.717, 1.165) is 23.2 Å². The summed E-state index contributed by atoms with van der Waals surface area (Å²) in [7, 11) is 1.60. The van der Waals surface area contributed by atoms with Crippen LogP contribution in [0.3, 0.4) is 0 Å². The number of esters is 1. The third-order valence-corrected chi connectivity index (χ3v) is 5.71. The SMILES string of the molecule is CCOC(=O)C(c1ccc(OC)cc1)c1ccc(F)c2c1CN(Cc1ccccc1)C2. The van der Waals surface area contributed by atoms with Crippen molar-refractivity contribution >= 4 is 5.97 Å². The molecule has 1 unspecified atom stereocenters. The summed E-state index contributed by atoms with van der Waals surface area (Å²) >= 11 is 0. The third kappa shape index (κ3) is 4.47. The van der Waals surface area contributed by atoms with Gasteiger partial charge in [-0.1, -0.05) is 48.5 Å². The van der Waals surface area contributed by atoms with Gasteiger partial charge < -0.3 is 9.47 Å². The Bertz CT molecular complexity index is 1050. The predicted molar refractivity (Wildman–Crippen MR) is 117 cm³/mol. The smallest absolute Gasteiger partial charge is 0.317 e. The summed E-state index contributed by atoms with van der Waals surface area (Å²) in [6, 6.07) is 20.7. The molecule has 3 aromatic carbocycles. The molecule has 1 aliphatic rings. The molecule has 1 atom stereocenters. The van der Waals surface area contributed by atoms with Crippen molar-refractivity contribution in [3.63, 3.8) is 0 Å². The molecular weight excluding hydrogens is 393 g/mol. The lowest BCUT2D eigenvalue weighted by molar-refractivity contribution is -0.143. The van der Waals surface area contributed by atoms with Crippen LogP contribution in [0.1, 0.15) is 40.7 Å². The Kier molecular flexibility index (Phi) is 6.33. The maximum absolute atomic E-state index is 14.7. The van der Waals surface area contributed by atoms with E-state index in [0.29, 0.717) is 24.4 Å². The van der Waals surface area contributed by atoms with Gasteiger partial charge in [0.15, 0.2) is 0 Å². The number of halogens is 1. The second-order valence-corrected chi connectivity index (χ2v) is 7.68. The third-order valence-electron chi connectivity index (χ3n) is 5.71. The van der Waals surface area contributed by atoms with E-state index in [2.05, 4.69) is 17.0 Å². The predicted octanol–water partition coefficient (Wildman–Crippen LogP) is 5.05. The first-order valence-electron chi connectivity index (χ1n) is 10.5. The van der Waals surface area contributed by atoms with Crippen LogP contribution in [0.4, 0.5) is 4.39 Å². The molecule has 0 saturated heterocycles. The molecule has 0 spiro atoms. The number of rotatable bonds is 7. The lowest BCUT2D eigenvalue weighted by Gasteiger charge is -2.20. The zero-order valence-electron chi connectivity index (χ0n) is 17.8. The lowest BCUT2D eigenvalue weighted by atomic mass is 9.86. The minimum absolute atomic E-state index is 0.230. The molecule has 160 valence electrons. The van der Waals surface area contributed by atoms with Crippen LogP contribution in [0.5, 0.6) is 5.75 Å². The minimum Gasteiger partial charge on any atom is -0.497 e. The van der Waals surface area contributed by atoms with Crippen molar-refractivity contribution in [1.29, 1.82) is 0 Å². The van der Waals surface area contributed by atoms with Crippen LogP contribution in [0.25, 0.3) is 0 Å². The van der Waals surface area contributed by atoms with Gasteiger partial charge in [0.05, 0.1) is 13.7 Å². The molecule has 0 bridgehead atoms. The molecule has 0 amide bonds. The number of ether oxygens (including phenoxy) is 2. The number of nitrogens with zero attached hydrogens (tertiary/aromatic N) is 1. The summed E-state index contributed by atoms with van der Waals surface area (Å²) in [4.78, 5) is 15.2. The number of carbonyl (C=O) groups excluding carboxylic acids is 1. The largest absolute Gasteiger partial charge is 0.497 e. The van der Waals surface area contributed by atoms with Crippen molar-refractivity contribution in [3.05, 3.63) is 100 Å². The van der Waals surface area contributed by atoms with Gasteiger partial charge in [-0.3, -0.25) is 9.69 Å². The Morgan fingerprint density at radius 2 is 1.71 bits per heavy atom. The number of hydrogen-bond acceptors (Lipinski definition) is 4. The fourth-order valence-electron chi connectivity index (χ4n) is 4.23. The molecule has 0 N–H and O–H groups in total. The molecule has 0 radical (unpaired) electrons.